The van der Waals surface area contributed by atoms with E-state index in [0.717, 1.165) is 49.8 Å². The lowest BCUT2D eigenvalue weighted by atomic mass is 9.83. The van der Waals surface area contributed by atoms with E-state index in [2.05, 4.69) is 31.9 Å². The molecule has 10 heteroatoms. The Morgan fingerprint density at radius 1 is 1.03 bits per heavy atom. The number of halogens is 2. The standard InChI is InChI=1S/C23H34N6OS.2ClH/c1-16-19(15-24-29(16)18-9-4-3-5-10-18)21(30)26-23-25-20(17-7-6-8-17)22(31-23)28-13-11-27(2)12-14-28;;/h15,17-18H,3-14H2,1-2H3,(H,25,26,30);2*1H. The van der Waals surface area contributed by atoms with Crippen molar-refractivity contribution < 1.29 is 4.79 Å². The van der Waals surface area contributed by atoms with Crippen molar-refractivity contribution in [3.8, 4) is 0 Å². The lowest BCUT2D eigenvalue weighted by molar-refractivity contribution is 0.102. The molecule has 0 bridgehead atoms. The summed E-state index contributed by atoms with van der Waals surface area (Å²) < 4.78 is 2.07. The quantitative estimate of drug-likeness (QED) is 0.588. The van der Waals surface area contributed by atoms with Gasteiger partial charge in [-0.2, -0.15) is 5.10 Å². The lowest BCUT2D eigenvalue weighted by Crippen LogP contribution is -2.44. The molecule has 1 aliphatic heterocycles. The summed E-state index contributed by atoms with van der Waals surface area (Å²) in [5.41, 5.74) is 2.84. The second kappa shape index (κ2) is 11.4. The van der Waals surface area contributed by atoms with Crippen LogP contribution in [-0.2, 0) is 0 Å². The third-order valence-electron chi connectivity index (χ3n) is 7.35. The lowest BCUT2D eigenvalue weighted by Gasteiger charge is -2.35. The summed E-state index contributed by atoms with van der Waals surface area (Å²) in [5, 5.41) is 9.68. The summed E-state index contributed by atoms with van der Waals surface area (Å²) in [6, 6.07) is 0.434. The molecule has 1 N–H and O–H groups in total. The number of carbonyl (C=O) groups is 1. The van der Waals surface area contributed by atoms with Crippen LogP contribution in [0.15, 0.2) is 6.20 Å². The van der Waals surface area contributed by atoms with Crippen molar-refractivity contribution in [1.29, 1.82) is 0 Å². The van der Waals surface area contributed by atoms with Crippen LogP contribution in [0.2, 0.25) is 0 Å². The SMILES string of the molecule is Cc1c(C(=O)Nc2nc(C3CCC3)c(N3CCN(C)CC3)s2)cnn1C1CCCCC1.Cl.Cl. The number of hydrogen-bond acceptors (Lipinski definition) is 6. The molecule has 0 atom stereocenters. The molecular formula is C23H36Cl2N6OS. The summed E-state index contributed by atoms with van der Waals surface area (Å²) in [6.07, 6.45) is 11.6. The van der Waals surface area contributed by atoms with Crippen molar-refractivity contribution >= 4 is 52.2 Å². The highest BCUT2D eigenvalue weighted by atomic mass is 35.5. The Morgan fingerprint density at radius 2 is 1.73 bits per heavy atom. The van der Waals surface area contributed by atoms with Gasteiger partial charge in [-0.05, 0) is 39.7 Å². The van der Waals surface area contributed by atoms with E-state index in [-0.39, 0.29) is 30.7 Å². The molecule has 2 aliphatic carbocycles. The number of likely N-dealkylation sites (N-methyl/N-ethyl adjacent to an activating group) is 1. The summed E-state index contributed by atoms with van der Waals surface area (Å²) in [5.74, 6) is 0.464. The first-order chi connectivity index (χ1) is 15.1. The van der Waals surface area contributed by atoms with Gasteiger partial charge in [0.2, 0.25) is 0 Å². The summed E-state index contributed by atoms with van der Waals surface area (Å²) >= 11 is 1.65. The van der Waals surface area contributed by atoms with Gasteiger partial charge in [-0.15, -0.1) is 24.8 Å². The zero-order valence-corrected chi connectivity index (χ0v) is 22.0. The zero-order chi connectivity index (χ0) is 21.4. The van der Waals surface area contributed by atoms with Crippen molar-refractivity contribution in [1.82, 2.24) is 19.7 Å². The normalized spacial score (nSPS) is 20.0. The number of hydrogen-bond donors (Lipinski definition) is 1. The topological polar surface area (TPSA) is 66.3 Å². The van der Waals surface area contributed by atoms with Crippen molar-refractivity contribution in [3.63, 3.8) is 0 Å². The molecule has 3 aliphatic rings. The molecular weight excluding hydrogens is 479 g/mol. The fourth-order valence-corrected chi connectivity index (χ4v) is 6.16. The van der Waals surface area contributed by atoms with E-state index in [4.69, 9.17) is 4.98 Å². The van der Waals surface area contributed by atoms with E-state index in [1.807, 2.05) is 6.92 Å². The van der Waals surface area contributed by atoms with E-state index < -0.39 is 0 Å². The molecule has 33 heavy (non-hydrogen) atoms. The van der Waals surface area contributed by atoms with Gasteiger partial charge in [0.05, 0.1) is 23.5 Å². The average molecular weight is 516 g/mol. The van der Waals surface area contributed by atoms with Gasteiger partial charge >= 0.3 is 0 Å². The highest BCUT2D eigenvalue weighted by molar-refractivity contribution is 7.19. The number of rotatable bonds is 5. The number of carbonyl (C=O) groups excluding carboxylic acids is 1. The molecule has 0 unspecified atom stereocenters. The van der Waals surface area contributed by atoms with E-state index in [0.29, 0.717) is 17.5 Å². The number of thiazole rings is 1. The predicted octanol–water partition coefficient (Wildman–Crippen LogP) is 5.27. The summed E-state index contributed by atoms with van der Waals surface area (Å²) in [7, 11) is 2.18. The van der Waals surface area contributed by atoms with E-state index in [1.54, 1.807) is 17.5 Å². The van der Waals surface area contributed by atoms with Crippen LogP contribution in [0.4, 0.5) is 10.1 Å². The number of anilines is 2. The van der Waals surface area contributed by atoms with Gasteiger partial charge in [-0.1, -0.05) is 37.0 Å². The smallest absolute Gasteiger partial charge is 0.260 e. The Kier molecular flexibility index (Phi) is 9.06. The molecule has 3 fully saturated rings. The van der Waals surface area contributed by atoms with Crippen LogP contribution in [0, 0.1) is 6.92 Å². The van der Waals surface area contributed by atoms with E-state index in [9.17, 15) is 4.79 Å². The number of aromatic nitrogens is 3. The minimum absolute atomic E-state index is 0. The first kappa shape index (κ1) is 26.3. The van der Waals surface area contributed by atoms with Crippen LogP contribution < -0.4 is 10.2 Å². The summed E-state index contributed by atoms with van der Waals surface area (Å²) in [4.78, 5) is 22.9. The van der Waals surface area contributed by atoms with Crippen molar-refractivity contribution in [3.05, 3.63) is 23.1 Å². The maximum absolute atomic E-state index is 13.1. The fraction of sp³-hybridized carbons (Fsp3) is 0.696. The van der Waals surface area contributed by atoms with Gasteiger partial charge in [-0.3, -0.25) is 14.8 Å². The van der Waals surface area contributed by atoms with Gasteiger partial charge in [0.25, 0.3) is 5.91 Å². The molecule has 7 nitrogen and oxygen atoms in total. The monoisotopic (exact) mass is 514 g/mol. The molecule has 2 aromatic rings. The van der Waals surface area contributed by atoms with Crippen LogP contribution in [-0.4, -0.2) is 58.8 Å². The second-order valence-corrected chi connectivity index (χ2v) is 10.4. The molecule has 0 spiro atoms. The van der Waals surface area contributed by atoms with Crippen LogP contribution >= 0.6 is 36.2 Å². The van der Waals surface area contributed by atoms with Crippen molar-refractivity contribution in [2.75, 3.05) is 43.4 Å². The number of piperazine rings is 1. The Bertz CT molecular complexity index is 930. The maximum Gasteiger partial charge on any atom is 0.260 e. The first-order valence-corrected chi connectivity index (χ1v) is 12.7. The Morgan fingerprint density at radius 3 is 2.36 bits per heavy atom. The third-order valence-corrected chi connectivity index (χ3v) is 8.39. The van der Waals surface area contributed by atoms with Crippen molar-refractivity contribution in [2.24, 2.45) is 0 Å². The molecule has 0 radical (unpaired) electrons. The largest absolute Gasteiger partial charge is 0.359 e. The van der Waals surface area contributed by atoms with Crippen LogP contribution in [0.25, 0.3) is 0 Å². The van der Waals surface area contributed by atoms with Gasteiger partial charge in [0, 0.05) is 37.8 Å². The Labute approximate surface area is 213 Å². The second-order valence-electron chi connectivity index (χ2n) is 9.46. The van der Waals surface area contributed by atoms with E-state index in [1.165, 1.54) is 49.2 Å². The molecule has 3 heterocycles. The molecule has 2 aromatic heterocycles. The molecule has 1 amide bonds. The molecule has 184 valence electrons. The van der Waals surface area contributed by atoms with Gasteiger partial charge in [0.15, 0.2) is 5.13 Å². The number of nitrogens with zero attached hydrogens (tertiary/aromatic N) is 5. The molecule has 5 rings (SSSR count). The highest BCUT2D eigenvalue weighted by Gasteiger charge is 2.30. The van der Waals surface area contributed by atoms with Crippen molar-refractivity contribution in [2.45, 2.75) is 70.3 Å². The van der Waals surface area contributed by atoms with Gasteiger partial charge < -0.3 is 9.80 Å². The molecule has 0 aromatic carbocycles. The average Bonchev–Trinajstić information content (AvgIpc) is 3.32. The highest BCUT2D eigenvalue weighted by Crippen LogP contribution is 2.44. The molecule has 1 saturated heterocycles. The summed E-state index contributed by atoms with van der Waals surface area (Å²) in [6.45, 7) is 6.22. The zero-order valence-electron chi connectivity index (χ0n) is 19.6. The predicted molar refractivity (Wildman–Crippen MR) is 140 cm³/mol. The Balaban J connectivity index is 0.00000153. The number of amides is 1. The van der Waals surface area contributed by atoms with Gasteiger partial charge in [0.1, 0.15) is 5.00 Å². The minimum Gasteiger partial charge on any atom is -0.359 e. The number of nitrogens with one attached hydrogen (secondary N) is 1. The van der Waals surface area contributed by atoms with Crippen LogP contribution in [0.1, 0.15) is 85.1 Å². The van der Waals surface area contributed by atoms with Gasteiger partial charge in [-0.25, -0.2) is 4.98 Å². The third kappa shape index (κ3) is 5.50. The Hall–Kier alpha value is -1.35. The maximum atomic E-state index is 13.1. The fourth-order valence-electron chi connectivity index (χ4n) is 5.07. The first-order valence-electron chi connectivity index (χ1n) is 11.9. The van der Waals surface area contributed by atoms with E-state index >= 15 is 0 Å². The van der Waals surface area contributed by atoms with Crippen LogP contribution in [0.3, 0.4) is 0 Å². The minimum atomic E-state index is -0.0848. The van der Waals surface area contributed by atoms with Crippen LogP contribution in [0.5, 0.6) is 0 Å². The molecule has 2 saturated carbocycles.